The molecule has 1 nitrogen and oxygen atoms in total. The number of hydrogen-bond acceptors (Lipinski definition) is 1. The molecule has 1 rings (SSSR count). The van der Waals surface area contributed by atoms with Crippen LogP contribution in [-0.4, -0.2) is 13.1 Å². The third-order valence-corrected chi connectivity index (χ3v) is 4.25. The number of benzene rings is 1. The minimum atomic E-state index is 0.328. The van der Waals surface area contributed by atoms with Gasteiger partial charge in [-0.15, -0.1) is 0 Å². The molecule has 0 radical (unpaired) electrons. The van der Waals surface area contributed by atoms with Gasteiger partial charge in [0, 0.05) is 11.6 Å². The number of rotatable bonds is 7. The van der Waals surface area contributed by atoms with Crippen LogP contribution in [0.2, 0.25) is 5.02 Å². The van der Waals surface area contributed by atoms with E-state index < -0.39 is 0 Å². The summed E-state index contributed by atoms with van der Waals surface area (Å²) in [5.41, 5.74) is 4.26. The van der Waals surface area contributed by atoms with Crippen LogP contribution >= 0.6 is 11.6 Å². The fourth-order valence-corrected chi connectivity index (χ4v) is 2.59. The Balaban J connectivity index is 2.55. The Hall–Kier alpha value is -0.530. The van der Waals surface area contributed by atoms with Gasteiger partial charge in [0.1, 0.15) is 0 Å². The minimum Gasteiger partial charge on any atom is -0.316 e. The van der Waals surface area contributed by atoms with E-state index >= 15 is 0 Å². The SMILES string of the molecule is Cc1cc(CCC(C)(C)CNCC(C)C)c(C)cc1Cl. The van der Waals surface area contributed by atoms with Crippen molar-refractivity contribution in [2.75, 3.05) is 13.1 Å². The summed E-state index contributed by atoms with van der Waals surface area (Å²) in [4.78, 5) is 0. The molecule has 0 saturated carbocycles. The summed E-state index contributed by atoms with van der Waals surface area (Å²) >= 11 is 6.16. The minimum absolute atomic E-state index is 0.328. The van der Waals surface area contributed by atoms with E-state index in [9.17, 15) is 0 Å². The van der Waals surface area contributed by atoms with Crippen molar-refractivity contribution >= 4 is 11.6 Å². The first kappa shape index (κ1) is 17.5. The first-order valence-corrected chi connectivity index (χ1v) is 8.05. The van der Waals surface area contributed by atoms with Crippen LogP contribution in [0.25, 0.3) is 0 Å². The number of halogens is 1. The molecular formula is C18H30ClN. The molecule has 0 spiro atoms. The first-order valence-electron chi connectivity index (χ1n) is 7.67. The highest BCUT2D eigenvalue weighted by Gasteiger charge is 2.18. The van der Waals surface area contributed by atoms with Gasteiger partial charge in [-0.1, -0.05) is 45.4 Å². The summed E-state index contributed by atoms with van der Waals surface area (Å²) in [5.74, 6) is 0.715. The van der Waals surface area contributed by atoms with Crippen LogP contribution in [0.1, 0.15) is 50.8 Å². The zero-order valence-electron chi connectivity index (χ0n) is 13.9. The van der Waals surface area contributed by atoms with Gasteiger partial charge in [0.25, 0.3) is 0 Å². The van der Waals surface area contributed by atoms with E-state index in [0.717, 1.165) is 24.5 Å². The molecule has 1 N–H and O–H groups in total. The Labute approximate surface area is 130 Å². The van der Waals surface area contributed by atoms with Gasteiger partial charge in [-0.2, -0.15) is 0 Å². The largest absolute Gasteiger partial charge is 0.316 e. The molecule has 1 aromatic carbocycles. The van der Waals surface area contributed by atoms with Gasteiger partial charge in [0.15, 0.2) is 0 Å². The highest BCUT2D eigenvalue weighted by Crippen LogP contribution is 2.26. The molecule has 0 aliphatic rings. The van der Waals surface area contributed by atoms with Crippen molar-refractivity contribution in [1.82, 2.24) is 5.32 Å². The summed E-state index contributed by atoms with van der Waals surface area (Å²) < 4.78 is 0. The van der Waals surface area contributed by atoms with Crippen molar-refractivity contribution in [3.05, 3.63) is 33.8 Å². The molecule has 0 bridgehead atoms. The Kier molecular flexibility index (Phi) is 6.54. The molecule has 0 atom stereocenters. The van der Waals surface area contributed by atoms with Gasteiger partial charge in [-0.05, 0) is 67.3 Å². The van der Waals surface area contributed by atoms with Crippen LogP contribution in [-0.2, 0) is 6.42 Å². The number of nitrogens with one attached hydrogen (secondary N) is 1. The van der Waals surface area contributed by atoms with E-state index in [1.165, 1.54) is 23.1 Å². The maximum absolute atomic E-state index is 6.16. The van der Waals surface area contributed by atoms with Gasteiger partial charge >= 0.3 is 0 Å². The average molecular weight is 296 g/mol. The zero-order valence-corrected chi connectivity index (χ0v) is 14.7. The van der Waals surface area contributed by atoms with Crippen LogP contribution in [0.15, 0.2) is 12.1 Å². The smallest absolute Gasteiger partial charge is 0.0438 e. The van der Waals surface area contributed by atoms with Gasteiger partial charge < -0.3 is 5.32 Å². The van der Waals surface area contributed by atoms with Crippen LogP contribution in [0.4, 0.5) is 0 Å². The molecule has 20 heavy (non-hydrogen) atoms. The Morgan fingerprint density at radius 1 is 1.15 bits per heavy atom. The summed E-state index contributed by atoms with van der Waals surface area (Å²) in [6, 6.07) is 4.34. The summed E-state index contributed by atoms with van der Waals surface area (Å²) in [6.45, 7) is 15.6. The molecule has 114 valence electrons. The lowest BCUT2D eigenvalue weighted by Crippen LogP contribution is -2.32. The topological polar surface area (TPSA) is 12.0 Å². The lowest BCUT2D eigenvalue weighted by Gasteiger charge is -2.26. The third kappa shape index (κ3) is 5.85. The predicted molar refractivity (Wildman–Crippen MR) is 90.7 cm³/mol. The predicted octanol–water partition coefficient (Wildman–Crippen LogP) is 5.16. The highest BCUT2D eigenvalue weighted by atomic mass is 35.5. The number of hydrogen-bond donors (Lipinski definition) is 1. The average Bonchev–Trinajstić information content (AvgIpc) is 2.31. The molecular weight excluding hydrogens is 266 g/mol. The summed E-state index contributed by atoms with van der Waals surface area (Å²) in [6.07, 6.45) is 2.32. The second-order valence-electron chi connectivity index (χ2n) is 7.22. The van der Waals surface area contributed by atoms with Crippen molar-refractivity contribution in [3.8, 4) is 0 Å². The van der Waals surface area contributed by atoms with Crippen molar-refractivity contribution in [2.45, 2.75) is 54.4 Å². The monoisotopic (exact) mass is 295 g/mol. The van der Waals surface area contributed by atoms with E-state index in [1.807, 2.05) is 0 Å². The van der Waals surface area contributed by atoms with E-state index in [4.69, 9.17) is 11.6 Å². The quantitative estimate of drug-likeness (QED) is 0.732. The van der Waals surface area contributed by atoms with Gasteiger partial charge in [0.2, 0.25) is 0 Å². The van der Waals surface area contributed by atoms with Crippen LogP contribution in [0, 0.1) is 25.2 Å². The van der Waals surface area contributed by atoms with Crippen molar-refractivity contribution in [2.24, 2.45) is 11.3 Å². The third-order valence-electron chi connectivity index (χ3n) is 3.84. The van der Waals surface area contributed by atoms with Gasteiger partial charge in [0.05, 0.1) is 0 Å². The molecule has 0 unspecified atom stereocenters. The maximum atomic E-state index is 6.16. The molecule has 0 aliphatic carbocycles. The molecule has 0 aliphatic heterocycles. The molecule has 1 aromatic rings. The molecule has 0 saturated heterocycles. The number of aryl methyl sites for hydroxylation is 3. The van der Waals surface area contributed by atoms with Crippen LogP contribution in [0.5, 0.6) is 0 Å². The zero-order chi connectivity index (χ0) is 15.3. The lowest BCUT2D eigenvalue weighted by atomic mass is 9.85. The maximum Gasteiger partial charge on any atom is 0.0438 e. The second-order valence-corrected chi connectivity index (χ2v) is 7.62. The van der Waals surface area contributed by atoms with Crippen LogP contribution in [0.3, 0.4) is 0 Å². The van der Waals surface area contributed by atoms with Crippen molar-refractivity contribution in [3.63, 3.8) is 0 Å². The summed E-state index contributed by atoms with van der Waals surface area (Å²) in [7, 11) is 0. The normalized spacial score (nSPS) is 12.2. The summed E-state index contributed by atoms with van der Waals surface area (Å²) in [5, 5.41) is 4.45. The van der Waals surface area contributed by atoms with Crippen molar-refractivity contribution < 1.29 is 0 Å². The van der Waals surface area contributed by atoms with Gasteiger partial charge in [-0.3, -0.25) is 0 Å². The lowest BCUT2D eigenvalue weighted by molar-refractivity contribution is 0.308. The van der Waals surface area contributed by atoms with Crippen molar-refractivity contribution in [1.29, 1.82) is 0 Å². The van der Waals surface area contributed by atoms with Crippen LogP contribution < -0.4 is 5.32 Å². The second kappa shape index (κ2) is 7.47. The Bertz CT molecular complexity index is 435. The highest BCUT2D eigenvalue weighted by molar-refractivity contribution is 6.31. The van der Waals surface area contributed by atoms with E-state index in [-0.39, 0.29) is 0 Å². The molecule has 0 amide bonds. The van der Waals surface area contributed by atoms with Gasteiger partial charge in [-0.25, -0.2) is 0 Å². The van der Waals surface area contributed by atoms with E-state index in [0.29, 0.717) is 11.3 Å². The fourth-order valence-electron chi connectivity index (χ4n) is 2.37. The fraction of sp³-hybridized carbons (Fsp3) is 0.667. The molecule has 0 fully saturated rings. The van der Waals surface area contributed by atoms with E-state index in [2.05, 4.69) is 59.0 Å². The first-order chi connectivity index (χ1) is 9.21. The standard InChI is InChI=1S/C18H30ClN/c1-13(2)11-20-12-18(5,6)8-7-16-9-15(4)17(19)10-14(16)3/h9-10,13,20H,7-8,11-12H2,1-6H3. The molecule has 0 aromatic heterocycles. The molecule has 2 heteroatoms. The molecule has 0 heterocycles. The Morgan fingerprint density at radius 3 is 2.40 bits per heavy atom. The van der Waals surface area contributed by atoms with E-state index in [1.54, 1.807) is 0 Å². The Morgan fingerprint density at radius 2 is 1.80 bits per heavy atom.